The second-order valence-electron chi connectivity index (χ2n) is 4.69. The van der Waals surface area contributed by atoms with Crippen molar-refractivity contribution < 1.29 is 16.5 Å². The smallest absolute Gasteiger partial charge is 0 e. The summed E-state index contributed by atoms with van der Waals surface area (Å²) in [6.45, 7) is 0. The summed E-state index contributed by atoms with van der Waals surface area (Å²) < 4.78 is 0. The van der Waals surface area contributed by atoms with E-state index in [0.717, 1.165) is 0 Å². The molecule has 0 bridgehead atoms. The largest absolute Gasteiger partial charge is 0.0616 e. The molecule has 4 rings (SSSR count). The molecule has 0 aliphatic carbocycles. The first-order valence-electron chi connectivity index (χ1n) is 6.81. The summed E-state index contributed by atoms with van der Waals surface area (Å²) in [6.07, 6.45) is 0. The fraction of sp³-hybridized carbons (Fsp3) is 0. The van der Waals surface area contributed by atoms with Gasteiger partial charge in [0.15, 0.2) is 0 Å². The first-order valence-corrected chi connectivity index (χ1v) is 6.81. The van der Waals surface area contributed by atoms with Gasteiger partial charge in [-0.1, -0.05) is 97.1 Å². The topological polar surface area (TPSA) is 0 Å². The van der Waals surface area contributed by atoms with Crippen LogP contribution >= 0.6 is 0 Å². The van der Waals surface area contributed by atoms with E-state index in [-0.39, 0.29) is 16.5 Å². The molecular weight excluding hydrogens is 299 g/mol. The SMILES string of the molecule is [Ni].c1ccc2ccccc2c1.c1ccc2ccccc2c1. The predicted molar refractivity (Wildman–Crippen MR) is 87.9 cm³/mol. The Morgan fingerprint density at radius 2 is 0.429 bits per heavy atom. The van der Waals surface area contributed by atoms with Gasteiger partial charge < -0.3 is 0 Å². The van der Waals surface area contributed by atoms with Gasteiger partial charge in [0.1, 0.15) is 0 Å². The molecule has 0 aliphatic heterocycles. The molecule has 1 heteroatoms. The van der Waals surface area contributed by atoms with E-state index in [1.54, 1.807) is 0 Å². The maximum atomic E-state index is 2.12. The third-order valence-corrected chi connectivity index (χ3v) is 3.32. The zero-order valence-corrected chi connectivity index (χ0v) is 12.5. The molecule has 0 aromatic heterocycles. The van der Waals surface area contributed by atoms with Gasteiger partial charge in [-0.2, -0.15) is 0 Å². The molecule has 0 spiro atoms. The Balaban J connectivity index is 0.000000147. The van der Waals surface area contributed by atoms with Crippen molar-refractivity contribution in [1.29, 1.82) is 0 Å². The summed E-state index contributed by atoms with van der Waals surface area (Å²) in [5.74, 6) is 0. The van der Waals surface area contributed by atoms with E-state index in [2.05, 4.69) is 97.1 Å². The van der Waals surface area contributed by atoms with Crippen molar-refractivity contribution >= 4 is 21.5 Å². The summed E-state index contributed by atoms with van der Waals surface area (Å²) in [5, 5.41) is 5.24. The van der Waals surface area contributed by atoms with Gasteiger partial charge in [0.25, 0.3) is 0 Å². The molecular formula is C20H16Ni. The molecule has 0 unspecified atom stereocenters. The Morgan fingerprint density at radius 3 is 0.571 bits per heavy atom. The molecule has 0 amide bonds. The number of benzene rings is 4. The molecule has 0 radical (unpaired) electrons. The van der Waals surface area contributed by atoms with Gasteiger partial charge in [-0.25, -0.2) is 0 Å². The number of hydrogen-bond donors (Lipinski definition) is 0. The molecule has 106 valence electrons. The average molecular weight is 315 g/mol. The van der Waals surface area contributed by atoms with Crippen molar-refractivity contribution in [2.75, 3.05) is 0 Å². The van der Waals surface area contributed by atoms with E-state index in [1.807, 2.05) is 0 Å². The van der Waals surface area contributed by atoms with Crippen LogP contribution in [0.2, 0.25) is 0 Å². The molecule has 0 nitrogen and oxygen atoms in total. The van der Waals surface area contributed by atoms with Crippen molar-refractivity contribution in [3.63, 3.8) is 0 Å². The van der Waals surface area contributed by atoms with E-state index in [0.29, 0.717) is 0 Å². The number of hydrogen-bond acceptors (Lipinski definition) is 0. The quantitative estimate of drug-likeness (QED) is 0.366. The van der Waals surface area contributed by atoms with Crippen LogP contribution in [0.15, 0.2) is 97.1 Å². The van der Waals surface area contributed by atoms with Gasteiger partial charge in [0.2, 0.25) is 0 Å². The minimum absolute atomic E-state index is 0. The van der Waals surface area contributed by atoms with E-state index >= 15 is 0 Å². The van der Waals surface area contributed by atoms with Gasteiger partial charge in [-0.15, -0.1) is 0 Å². The number of rotatable bonds is 0. The molecule has 4 aromatic rings. The normalized spacial score (nSPS) is 9.52. The Labute approximate surface area is 135 Å². The molecule has 0 saturated heterocycles. The number of fused-ring (bicyclic) bond motifs is 2. The van der Waals surface area contributed by atoms with Crippen molar-refractivity contribution in [3.8, 4) is 0 Å². The molecule has 0 N–H and O–H groups in total. The van der Waals surface area contributed by atoms with Crippen molar-refractivity contribution in [1.82, 2.24) is 0 Å². The van der Waals surface area contributed by atoms with Crippen LogP contribution in [-0.4, -0.2) is 0 Å². The van der Waals surface area contributed by atoms with E-state index in [4.69, 9.17) is 0 Å². The third-order valence-electron chi connectivity index (χ3n) is 3.32. The van der Waals surface area contributed by atoms with E-state index in [1.165, 1.54) is 21.5 Å². The maximum absolute atomic E-state index is 2.12. The van der Waals surface area contributed by atoms with Crippen molar-refractivity contribution in [2.24, 2.45) is 0 Å². The average Bonchev–Trinajstić information content (AvgIpc) is 2.56. The van der Waals surface area contributed by atoms with Gasteiger partial charge in [0.05, 0.1) is 0 Å². The molecule has 21 heavy (non-hydrogen) atoms. The summed E-state index contributed by atoms with van der Waals surface area (Å²) in [4.78, 5) is 0. The van der Waals surface area contributed by atoms with Crippen LogP contribution in [0.3, 0.4) is 0 Å². The summed E-state index contributed by atoms with van der Waals surface area (Å²) in [5.41, 5.74) is 0. The second kappa shape index (κ2) is 7.62. The molecule has 0 atom stereocenters. The van der Waals surface area contributed by atoms with Crippen LogP contribution in [0.4, 0.5) is 0 Å². The third kappa shape index (κ3) is 3.93. The zero-order chi connectivity index (χ0) is 13.6. The second-order valence-corrected chi connectivity index (χ2v) is 4.69. The van der Waals surface area contributed by atoms with Crippen LogP contribution in [0.5, 0.6) is 0 Å². The minimum atomic E-state index is 0. The summed E-state index contributed by atoms with van der Waals surface area (Å²) in [6, 6.07) is 33.4. The Kier molecular flexibility index (Phi) is 5.54. The van der Waals surface area contributed by atoms with E-state index < -0.39 is 0 Å². The Morgan fingerprint density at radius 1 is 0.286 bits per heavy atom. The van der Waals surface area contributed by atoms with Crippen LogP contribution in [-0.2, 0) is 16.5 Å². The molecule has 0 fully saturated rings. The van der Waals surface area contributed by atoms with E-state index in [9.17, 15) is 0 Å². The molecule has 0 aliphatic rings. The standard InChI is InChI=1S/2C10H8.Ni/c2*1-2-6-10-8-4-3-7-9(10)5-1;/h2*1-8H;. The Bertz CT molecular complexity index is 619. The first kappa shape index (κ1) is 15.3. The fourth-order valence-corrected chi connectivity index (χ4v) is 2.27. The first-order chi connectivity index (χ1) is 9.93. The predicted octanol–water partition coefficient (Wildman–Crippen LogP) is 5.68. The van der Waals surface area contributed by atoms with Gasteiger partial charge in [0, 0.05) is 16.5 Å². The minimum Gasteiger partial charge on any atom is -0.0616 e. The van der Waals surface area contributed by atoms with Crippen LogP contribution < -0.4 is 0 Å². The van der Waals surface area contributed by atoms with Gasteiger partial charge in [-0.05, 0) is 21.5 Å². The monoisotopic (exact) mass is 314 g/mol. The molecule has 4 aromatic carbocycles. The van der Waals surface area contributed by atoms with Crippen LogP contribution in [0.1, 0.15) is 0 Å². The van der Waals surface area contributed by atoms with Crippen molar-refractivity contribution in [2.45, 2.75) is 0 Å². The summed E-state index contributed by atoms with van der Waals surface area (Å²) in [7, 11) is 0. The van der Waals surface area contributed by atoms with Gasteiger partial charge >= 0.3 is 0 Å². The Hall–Kier alpha value is -2.11. The molecule has 0 saturated carbocycles. The molecule has 0 heterocycles. The summed E-state index contributed by atoms with van der Waals surface area (Å²) >= 11 is 0. The zero-order valence-electron chi connectivity index (χ0n) is 11.6. The fourth-order valence-electron chi connectivity index (χ4n) is 2.27. The van der Waals surface area contributed by atoms with Gasteiger partial charge in [-0.3, -0.25) is 0 Å². The maximum Gasteiger partial charge on any atom is 0 e. The van der Waals surface area contributed by atoms with Crippen LogP contribution in [0.25, 0.3) is 21.5 Å². The van der Waals surface area contributed by atoms with Crippen molar-refractivity contribution in [3.05, 3.63) is 97.1 Å². The van der Waals surface area contributed by atoms with Crippen LogP contribution in [0, 0.1) is 0 Å².